The topological polar surface area (TPSA) is 61.8 Å². The summed E-state index contributed by atoms with van der Waals surface area (Å²) in [5, 5.41) is 12.9. The molecule has 1 unspecified atom stereocenters. The summed E-state index contributed by atoms with van der Waals surface area (Å²) in [6, 6.07) is 14.5. The molecule has 1 amide bonds. The standard InChI is InChI=1S/C18H22N2O3/c1-20(2)15-9-7-13(8-10-15)17(21)12-19-18(22)14-5-4-6-16(11-14)23-3/h4-11,17,21H,12H2,1-3H3,(H,19,22). The van der Waals surface area contributed by atoms with Crippen LogP contribution in [0.1, 0.15) is 22.0 Å². The number of hydrogen-bond donors (Lipinski definition) is 2. The Morgan fingerprint density at radius 1 is 1.22 bits per heavy atom. The van der Waals surface area contributed by atoms with Gasteiger partial charge in [0.05, 0.1) is 13.2 Å². The van der Waals surface area contributed by atoms with Gasteiger partial charge in [0, 0.05) is 31.9 Å². The van der Waals surface area contributed by atoms with Gasteiger partial charge in [0.15, 0.2) is 0 Å². The van der Waals surface area contributed by atoms with Gasteiger partial charge in [-0.1, -0.05) is 18.2 Å². The van der Waals surface area contributed by atoms with Crippen LogP contribution in [0.25, 0.3) is 0 Å². The molecule has 2 rings (SSSR count). The average molecular weight is 314 g/mol. The smallest absolute Gasteiger partial charge is 0.251 e. The minimum Gasteiger partial charge on any atom is -0.497 e. The van der Waals surface area contributed by atoms with Crippen molar-refractivity contribution >= 4 is 11.6 Å². The Labute approximate surface area is 136 Å². The third-order valence-electron chi connectivity index (χ3n) is 3.58. The largest absolute Gasteiger partial charge is 0.497 e. The molecule has 0 spiro atoms. The summed E-state index contributed by atoms with van der Waals surface area (Å²) in [6.07, 6.45) is -0.749. The minimum absolute atomic E-state index is 0.150. The van der Waals surface area contributed by atoms with Gasteiger partial charge >= 0.3 is 0 Å². The molecule has 0 bridgehead atoms. The number of anilines is 1. The third-order valence-corrected chi connectivity index (χ3v) is 3.58. The van der Waals surface area contributed by atoms with Gasteiger partial charge in [0.25, 0.3) is 5.91 Å². The fourth-order valence-corrected chi connectivity index (χ4v) is 2.17. The normalized spacial score (nSPS) is 11.7. The van der Waals surface area contributed by atoms with Crippen LogP contribution in [-0.4, -0.2) is 38.8 Å². The van der Waals surface area contributed by atoms with Gasteiger partial charge in [-0.2, -0.15) is 0 Å². The van der Waals surface area contributed by atoms with E-state index in [2.05, 4.69) is 5.32 Å². The number of carbonyl (C=O) groups excluding carboxylic acids is 1. The predicted molar refractivity (Wildman–Crippen MR) is 91.1 cm³/mol. The highest BCUT2D eigenvalue weighted by atomic mass is 16.5. The van der Waals surface area contributed by atoms with Crippen LogP contribution < -0.4 is 15.0 Å². The van der Waals surface area contributed by atoms with E-state index in [1.54, 1.807) is 31.4 Å². The van der Waals surface area contributed by atoms with Crippen molar-refractivity contribution < 1.29 is 14.6 Å². The SMILES string of the molecule is COc1cccc(C(=O)NCC(O)c2ccc(N(C)C)cc2)c1. The maximum Gasteiger partial charge on any atom is 0.251 e. The summed E-state index contributed by atoms with van der Waals surface area (Å²) in [5.41, 5.74) is 2.32. The van der Waals surface area contributed by atoms with Crippen molar-refractivity contribution in [3.8, 4) is 5.75 Å². The van der Waals surface area contributed by atoms with Crippen LogP contribution in [0.3, 0.4) is 0 Å². The number of hydrogen-bond acceptors (Lipinski definition) is 4. The van der Waals surface area contributed by atoms with E-state index in [4.69, 9.17) is 4.74 Å². The third kappa shape index (κ3) is 4.47. The molecule has 2 N–H and O–H groups in total. The zero-order valence-electron chi connectivity index (χ0n) is 13.6. The minimum atomic E-state index is -0.749. The molecule has 5 nitrogen and oxygen atoms in total. The van der Waals surface area contributed by atoms with Gasteiger partial charge in [-0.3, -0.25) is 4.79 Å². The Hall–Kier alpha value is -2.53. The Balaban J connectivity index is 1.95. The number of methoxy groups -OCH3 is 1. The number of carbonyl (C=O) groups is 1. The molecule has 0 heterocycles. The maximum atomic E-state index is 12.1. The summed E-state index contributed by atoms with van der Waals surface area (Å²) < 4.78 is 5.10. The maximum absolute atomic E-state index is 12.1. The highest BCUT2D eigenvalue weighted by Gasteiger charge is 2.11. The quantitative estimate of drug-likeness (QED) is 0.858. The van der Waals surface area contributed by atoms with Gasteiger partial charge in [-0.15, -0.1) is 0 Å². The Morgan fingerprint density at radius 3 is 2.52 bits per heavy atom. The van der Waals surface area contributed by atoms with Crippen LogP contribution in [0, 0.1) is 0 Å². The van der Waals surface area contributed by atoms with E-state index in [1.807, 2.05) is 43.3 Å². The number of nitrogens with one attached hydrogen (secondary N) is 1. The van der Waals surface area contributed by atoms with Gasteiger partial charge in [0.1, 0.15) is 5.75 Å². The van der Waals surface area contributed by atoms with Crippen molar-refractivity contribution in [2.75, 3.05) is 32.6 Å². The lowest BCUT2D eigenvalue weighted by atomic mass is 10.1. The van der Waals surface area contributed by atoms with Gasteiger partial charge in [-0.05, 0) is 35.9 Å². The fourth-order valence-electron chi connectivity index (χ4n) is 2.17. The van der Waals surface area contributed by atoms with Crippen LogP contribution >= 0.6 is 0 Å². The second-order valence-corrected chi connectivity index (χ2v) is 5.44. The second kappa shape index (κ2) is 7.65. The highest BCUT2D eigenvalue weighted by molar-refractivity contribution is 5.94. The lowest BCUT2D eigenvalue weighted by molar-refractivity contribution is 0.0916. The van der Waals surface area contributed by atoms with Crippen LogP contribution in [-0.2, 0) is 0 Å². The van der Waals surface area contributed by atoms with Crippen molar-refractivity contribution in [2.45, 2.75) is 6.10 Å². The lowest BCUT2D eigenvalue weighted by Gasteiger charge is -2.16. The van der Waals surface area contributed by atoms with E-state index in [-0.39, 0.29) is 12.5 Å². The molecular formula is C18H22N2O3. The molecular weight excluding hydrogens is 292 g/mol. The summed E-state index contributed by atoms with van der Waals surface area (Å²) in [7, 11) is 5.47. The molecule has 0 fully saturated rings. The number of benzene rings is 2. The first-order valence-electron chi connectivity index (χ1n) is 7.39. The van der Waals surface area contributed by atoms with E-state index in [9.17, 15) is 9.90 Å². The molecule has 2 aromatic carbocycles. The molecule has 2 aromatic rings. The number of aliphatic hydroxyl groups excluding tert-OH is 1. The van der Waals surface area contributed by atoms with Gasteiger partial charge in [-0.25, -0.2) is 0 Å². The fraction of sp³-hybridized carbons (Fsp3) is 0.278. The first-order chi connectivity index (χ1) is 11.0. The van der Waals surface area contributed by atoms with E-state index in [1.165, 1.54) is 0 Å². The molecule has 1 atom stereocenters. The molecule has 0 aromatic heterocycles. The zero-order valence-corrected chi connectivity index (χ0v) is 13.6. The molecule has 0 aliphatic carbocycles. The van der Waals surface area contributed by atoms with Gasteiger partial charge in [0.2, 0.25) is 0 Å². The molecule has 0 radical (unpaired) electrons. The predicted octanol–water partition coefficient (Wildman–Crippen LogP) is 2.22. The summed E-state index contributed by atoms with van der Waals surface area (Å²) in [4.78, 5) is 14.1. The number of aliphatic hydroxyl groups is 1. The molecule has 23 heavy (non-hydrogen) atoms. The number of nitrogens with zero attached hydrogens (tertiary/aromatic N) is 1. The monoisotopic (exact) mass is 314 g/mol. The molecule has 0 saturated heterocycles. The Bertz CT molecular complexity index is 654. The first kappa shape index (κ1) is 16.8. The van der Waals surface area contributed by atoms with Crippen LogP contribution in [0.4, 0.5) is 5.69 Å². The van der Waals surface area contributed by atoms with E-state index < -0.39 is 6.10 Å². The Morgan fingerprint density at radius 2 is 1.91 bits per heavy atom. The second-order valence-electron chi connectivity index (χ2n) is 5.44. The van der Waals surface area contributed by atoms with Crippen molar-refractivity contribution in [1.82, 2.24) is 5.32 Å². The van der Waals surface area contributed by atoms with Crippen LogP contribution in [0.2, 0.25) is 0 Å². The molecule has 5 heteroatoms. The van der Waals surface area contributed by atoms with E-state index in [0.717, 1.165) is 11.3 Å². The highest BCUT2D eigenvalue weighted by Crippen LogP contribution is 2.18. The van der Waals surface area contributed by atoms with Crippen LogP contribution in [0.15, 0.2) is 48.5 Å². The van der Waals surface area contributed by atoms with Crippen LogP contribution in [0.5, 0.6) is 5.75 Å². The molecule has 0 saturated carbocycles. The van der Waals surface area contributed by atoms with Gasteiger partial charge < -0.3 is 20.1 Å². The summed E-state index contributed by atoms with van der Waals surface area (Å²) >= 11 is 0. The lowest BCUT2D eigenvalue weighted by Crippen LogP contribution is -2.28. The van der Waals surface area contributed by atoms with Crippen molar-refractivity contribution in [1.29, 1.82) is 0 Å². The van der Waals surface area contributed by atoms with Crippen molar-refractivity contribution in [3.63, 3.8) is 0 Å². The summed E-state index contributed by atoms with van der Waals surface area (Å²) in [5.74, 6) is 0.380. The number of rotatable bonds is 6. The molecule has 0 aliphatic rings. The Kier molecular flexibility index (Phi) is 5.60. The van der Waals surface area contributed by atoms with Crippen molar-refractivity contribution in [2.24, 2.45) is 0 Å². The number of ether oxygens (including phenoxy) is 1. The first-order valence-corrected chi connectivity index (χ1v) is 7.39. The average Bonchev–Trinajstić information content (AvgIpc) is 2.59. The zero-order chi connectivity index (χ0) is 16.8. The molecule has 0 aliphatic heterocycles. The van der Waals surface area contributed by atoms with Crippen molar-refractivity contribution in [3.05, 3.63) is 59.7 Å². The molecule has 122 valence electrons. The number of amides is 1. The summed E-state index contributed by atoms with van der Waals surface area (Å²) in [6.45, 7) is 0.150. The van der Waals surface area contributed by atoms with E-state index >= 15 is 0 Å². The van der Waals surface area contributed by atoms with E-state index in [0.29, 0.717) is 11.3 Å².